The van der Waals surface area contributed by atoms with Gasteiger partial charge in [-0.15, -0.1) is 0 Å². The van der Waals surface area contributed by atoms with Crippen molar-refractivity contribution in [2.45, 2.75) is 37.8 Å². The van der Waals surface area contributed by atoms with Gasteiger partial charge in [0, 0.05) is 55.6 Å². The van der Waals surface area contributed by atoms with Gasteiger partial charge >= 0.3 is 0 Å². The first kappa shape index (κ1) is 23.0. The Balaban J connectivity index is 1.30. The number of ether oxygens (including phenoxy) is 1. The third kappa shape index (κ3) is 4.72. The summed E-state index contributed by atoms with van der Waals surface area (Å²) in [6.45, 7) is 4.84. The first-order valence-corrected chi connectivity index (χ1v) is 13.3. The molecule has 11 heteroatoms. The zero-order valence-electron chi connectivity index (χ0n) is 19.1. The number of anilines is 2. The van der Waals surface area contributed by atoms with E-state index in [1.54, 1.807) is 6.07 Å². The molecule has 3 fully saturated rings. The molecule has 34 heavy (non-hydrogen) atoms. The molecule has 1 aromatic heterocycles. The van der Waals surface area contributed by atoms with Crippen LogP contribution >= 0.6 is 0 Å². The number of hydrogen-bond acceptors (Lipinski definition) is 9. The van der Waals surface area contributed by atoms with Crippen molar-refractivity contribution < 1.29 is 17.5 Å². The Morgan fingerprint density at radius 3 is 2.59 bits per heavy atom. The van der Waals surface area contributed by atoms with Gasteiger partial charge < -0.3 is 15.4 Å². The molecule has 3 N–H and O–H groups in total. The summed E-state index contributed by atoms with van der Waals surface area (Å²) in [5.41, 5.74) is 6.65. The van der Waals surface area contributed by atoms with Gasteiger partial charge in [0.25, 0.3) is 0 Å². The maximum absolute atomic E-state index is 14.4. The van der Waals surface area contributed by atoms with Crippen molar-refractivity contribution in [3.8, 4) is 5.75 Å². The average molecular weight is 489 g/mol. The van der Waals surface area contributed by atoms with Crippen molar-refractivity contribution >= 4 is 27.1 Å². The molecule has 1 aliphatic carbocycles. The summed E-state index contributed by atoms with van der Waals surface area (Å²) in [6.07, 6.45) is 3.84. The highest BCUT2D eigenvalue weighted by atomic mass is 32.2. The Morgan fingerprint density at radius 2 is 1.94 bits per heavy atom. The van der Waals surface area contributed by atoms with Crippen LogP contribution in [-0.4, -0.2) is 78.3 Å². The van der Waals surface area contributed by atoms with Crippen LogP contribution < -0.4 is 15.4 Å². The van der Waals surface area contributed by atoms with Crippen molar-refractivity contribution in [1.82, 2.24) is 14.9 Å². The quantitative estimate of drug-likeness (QED) is 0.466. The van der Waals surface area contributed by atoms with E-state index >= 15 is 0 Å². The van der Waals surface area contributed by atoms with E-state index in [1.807, 2.05) is 6.92 Å². The van der Waals surface area contributed by atoms with Crippen LogP contribution in [0.15, 0.2) is 24.5 Å². The SMILES string of the molecule is CC1(Oc2cc(C(=N)c3cc(N4CCN(C5CCS(=O)(=O)C5)CC4)ncn3)c(N)cc2F)CC1. The van der Waals surface area contributed by atoms with E-state index in [1.165, 1.54) is 18.5 Å². The number of nitrogens with two attached hydrogens (primary N) is 1. The fourth-order valence-electron chi connectivity index (χ4n) is 4.58. The Morgan fingerprint density at radius 1 is 1.21 bits per heavy atom. The standard InChI is InChI=1S/C23H29FN6O3S/c1-23(3-4-23)33-20-10-16(18(25)11-17(20)24)22(26)19-12-21(28-14-27-19)30-7-5-29(6-8-30)15-2-9-34(31,32)13-15/h10-12,14-15,26H,2-9,13,25H2,1H3. The van der Waals surface area contributed by atoms with Crippen molar-refractivity contribution in [3.05, 3.63) is 41.6 Å². The molecular formula is C23H29FN6O3S. The number of sulfone groups is 1. The van der Waals surface area contributed by atoms with Crippen LogP contribution in [0.25, 0.3) is 0 Å². The zero-order valence-corrected chi connectivity index (χ0v) is 19.9. The van der Waals surface area contributed by atoms with Crippen LogP contribution in [0.4, 0.5) is 15.9 Å². The number of aromatic nitrogens is 2. The van der Waals surface area contributed by atoms with Crippen LogP contribution in [0.3, 0.4) is 0 Å². The van der Waals surface area contributed by atoms with Crippen molar-refractivity contribution in [1.29, 1.82) is 5.41 Å². The number of halogens is 1. The predicted octanol–water partition coefficient (Wildman–Crippen LogP) is 1.85. The molecule has 1 aromatic carbocycles. The lowest BCUT2D eigenvalue weighted by Crippen LogP contribution is -2.51. The molecule has 1 atom stereocenters. The number of nitrogen functional groups attached to an aromatic ring is 1. The van der Waals surface area contributed by atoms with Gasteiger partial charge in [-0.25, -0.2) is 22.8 Å². The lowest BCUT2D eigenvalue weighted by Gasteiger charge is -2.38. The van der Waals surface area contributed by atoms with Crippen LogP contribution in [-0.2, 0) is 9.84 Å². The Labute approximate surface area is 198 Å². The smallest absolute Gasteiger partial charge is 0.167 e. The maximum Gasteiger partial charge on any atom is 0.167 e. The molecule has 9 nitrogen and oxygen atoms in total. The summed E-state index contributed by atoms with van der Waals surface area (Å²) in [6, 6.07) is 4.50. The molecule has 1 unspecified atom stereocenters. The molecule has 0 bridgehead atoms. The molecule has 0 spiro atoms. The van der Waals surface area contributed by atoms with Gasteiger partial charge in [-0.3, -0.25) is 10.3 Å². The van der Waals surface area contributed by atoms with Crippen molar-refractivity contribution in [2.24, 2.45) is 0 Å². The van der Waals surface area contributed by atoms with Crippen LogP contribution in [0.2, 0.25) is 0 Å². The minimum Gasteiger partial charge on any atom is -0.484 e. The second-order valence-electron chi connectivity index (χ2n) is 9.64. The van der Waals surface area contributed by atoms with E-state index < -0.39 is 15.7 Å². The van der Waals surface area contributed by atoms with Gasteiger partial charge in [0.2, 0.25) is 0 Å². The normalized spacial score (nSPS) is 23.6. The summed E-state index contributed by atoms with van der Waals surface area (Å²) < 4.78 is 43.8. The first-order valence-electron chi connectivity index (χ1n) is 11.5. The molecule has 182 valence electrons. The molecule has 2 saturated heterocycles. The number of nitrogens with zero attached hydrogens (tertiary/aromatic N) is 4. The Hall–Kier alpha value is -2.79. The van der Waals surface area contributed by atoms with E-state index in [9.17, 15) is 12.8 Å². The number of benzene rings is 1. The lowest BCUT2D eigenvalue weighted by atomic mass is 10.0. The second kappa shape index (κ2) is 8.46. The van der Waals surface area contributed by atoms with Crippen LogP contribution in [0.1, 0.15) is 37.4 Å². The third-order valence-corrected chi connectivity index (χ3v) is 8.71. The lowest BCUT2D eigenvalue weighted by molar-refractivity contribution is 0.191. The minimum absolute atomic E-state index is 0.0711. The van der Waals surface area contributed by atoms with E-state index in [2.05, 4.69) is 19.8 Å². The molecule has 3 heterocycles. The van der Waals surface area contributed by atoms with E-state index in [4.69, 9.17) is 15.9 Å². The summed E-state index contributed by atoms with van der Waals surface area (Å²) in [5, 5.41) is 8.69. The summed E-state index contributed by atoms with van der Waals surface area (Å²) >= 11 is 0. The van der Waals surface area contributed by atoms with Crippen molar-refractivity contribution in [2.75, 3.05) is 48.3 Å². The van der Waals surface area contributed by atoms with Gasteiger partial charge in [0.1, 0.15) is 17.7 Å². The molecule has 3 aliphatic rings. The monoisotopic (exact) mass is 488 g/mol. The van der Waals surface area contributed by atoms with Crippen LogP contribution in [0, 0.1) is 11.2 Å². The summed E-state index contributed by atoms with van der Waals surface area (Å²) in [7, 11) is -2.91. The van der Waals surface area contributed by atoms with Gasteiger partial charge in [-0.1, -0.05) is 0 Å². The number of rotatable bonds is 6. The second-order valence-corrected chi connectivity index (χ2v) is 11.9. The minimum atomic E-state index is -2.91. The molecule has 2 aliphatic heterocycles. The molecular weight excluding hydrogens is 459 g/mol. The zero-order chi connectivity index (χ0) is 24.1. The first-order chi connectivity index (χ1) is 16.1. The van der Waals surface area contributed by atoms with E-state index in [0.29, 0.717) is 36.6 Å². The molecule has 1 saturated carbocycles. The highest BCUT2D eigenvalue weighted by Gasteiger charge is 2.41. The van der Waals surface area contributed by atoms with Gasteiger partial charge in [-0.2, -0.15) is 0 Å². The number of nitrogens with one attached hydrogen (secondary N) is 1. The van der Waals surface area contributed by atoms with Gasteiger partial charge in [0.15, 0.2) is 21.4 Å². The number of hydrogen-bond donors (Lipinski definition) is 2. The molecule has 2 aromatic rings. The van der Waals surface area contributed by atoms with Crippen LogP contribution in [0.5, 0.6) is 5.75 Å². The maximum atomic E-state index is 14.4. The number of piperazine rings is 1. The molecule has 0 amide bonds. The highest BCUT2D eigenvalue weighted by Crippen LogP contribution is 2.41. The largest absolute Gasteiger partial charge is 0.484 e. The fourth-order valence-corrected chi connectivity index (χ4v) is 6.34. The Kier molecular flexibility index (Phi) is 5.71. The predicted molar refractivity (Wildman–Crippen MR) is 128 cm³/mol. The average Bonchev–Trinajstić information content (AvgIpc) is 3.43. The third-order valence-electron chi connectivity index (χ3n) is 6.96. The summed E-state index contributed by atoms with van der Waals surface area (Å²) in [4.78, 5) is 13.0. The van der Waals surface area contributed by atoms with Gasteiger partial charge in [0.05, 0.1) is 22.9 Å². The summed E-state index contributed by atoms with van der Waals surface area (Å²) in [5.74, 6) is 0.752. The van der Waals surface area contributed by atoms with E-state index in [0.717, 1.165) is 25.9 Å². The molecule has 0 radical (unpaired) electrons. The Bertz CT molecular complexity index is 1230. The van der Waals surface area contributed by atoms with Gasteiger partial charge in [-0.05, 0) is 32.3 Å². The fraction of sp³-hybridized carbons (Fsp3) is 0.522. The van der Waals surface area contributed by atoms with Crippen molar-refractivity contribution in [3.63, 3.8) is 0 Å². The molecule has 5 rings (SSSR count). The highest BCUT2D eigenvalue weighted by molar-refractivity contribution is 7.91. The topological polar surface area (TPSA) is 126 Å². The van der Waals surface area contributed by atoms with E-state index in [-0.39, 0.29) is 40.3 Å².